The van der Waals surface area contributed by atoms with Crippen molar-refractivity contribution in [2.24, 2.45) is 17.8 Å². The molecule has 4 fully saturated rings. The minimum Gasteiger partial charge on any atom is -0.390 e. The predicted molar refractivity (Wildman–Crippen MR) is 76.5 cm³/mol. The maximum atomic E-state index is 11.3. The van der Waals surface area contributed by atoms with Crippen LogP contribution in [-0.4, -0.2) is 36.1 Å². The third-order valence-electron chi connectivity index (χ3n) is 6.41. The topological polar surface area (TPSA) is 38.7 Å². The van der Waals surface area contributed by atoms with Crippen LogP contribution in [-0.2, 0) is 9.47 Å². The Bertz CT molecular complexity index is 359. The Kier molecular flexibility index (Phi) is 3.36. The van der Waals surface area contributed by atoms with Gasteiger partial charge in [-0.3, -0.25) is 0 Å². The average Bonchev–Trinajstić information content (AvgIpc) is 3.22. The summed E-state index contributed by atoms with van der Waals surface area (Å²) in [4.78, 5) is 0. The van der Waals surface area contributed by atoms with E-state index < -0.39 is 5.60 Å². The quantitative estimate of drug-likeness (QED) is 0.845. The first kappa shape index (κ1) is 13.5. The summed E-state index contributed by atoms with van der Waals surface area (Å²) < 4.78 is 11.6. The van der Waals surface area contributed by atoms with E-state index in [-0.39, 0.29) is 5.60 Å². The van der Waals surface area contributed by atoms with Crippen LogP contribution in [0.1, 0.15) is 57.8 Å². The van der Waals surface area contributed by atoms with E-state index in [1.165, 1.54) is 25.7 Å². The fourth-order valence-corrected chi connectivity index (χ4v) is 5.02. The van der Waals surface area contributed by atoms with Gasteiger partial charge in [-0.15, -0.1) is 0 Å². The summed E-state index contributed by atoms with van der Waals surface area (Å²) >= 11 is 0. The number of ether oxygens (including phenoxy) is 2. The van der Waals surface area contributed by atoms with Crippen molar-refractivity contribution in [3.05, 3.63) is 0 Å². The molecule has 20 heavy (non-hydrogen) atoms. The summed E-state index contributed by atoms with van der Waals surface area (Å²) in [5.41, 5.74) is -0.476. The van der Waals surface area contributed by atoms with Gasteiger partial charge in [-0.25, -0.2) is 0 Å². The lowest BCUT2D eigenvalue weighted by atomic mass is 9.65. The Morgan fingerprint density at radius 3 is 2.55 bits per heavy atom. The molecule has 0 aromatic carbocycles. The van der Waals surface area contributed by atoms with Crippen molar-refractivity contribution in [2.45, 2.75) is 69.0 Å². The molecule has 2 saturated heterocycles. The normalized spacial score (nSPS) is 49.6. The van der Waals surface area contributed by atoms with Crippen LogP contribution in [0.4, 0.5) is 0 Å². The molecule has 0 bridgehead atoms. The van der Waals surface area contributed by atoms with E-state index in [9.17, 15) is 5.11 Å². The van der Waals surface area contributed by atoms with E-state index in [1.54, 1.807) is 0 Å². The van der Waals surface area contributed by atoms with Crippen molar-refractivity contribution < 1.29 is 14.6 Å². The smallest absolute Gasteiger partial charge is 0.0940 e. The first-order valence-corrected chi connectivity index (χ1v) is 8.63. The molecular weight excluding hydrogens is 252 g/mol. The molecule has 1 N–H and O–H groups in total. The summed E-state index contributed by atoms with van der Waals surface area (Å²) in [5.74, 6) is 2.16. The van der Waals surface area contributed by atoms with Gasteiger partial charge in [0.2, 0.25) is 0 Å². The van der Waals surface area contributed by atoms with Gasteiger partial charge in [-0.05, 0) is 62.7 Å². The largest absolute Gasteiger partial charge is 0.390 e. The predicted octanol–water partition coefficient (Wildman–Crippen LogP) is 2.90. The second-order valence-corrected chi connectivity index (χ2v) is 7.82. The van der Waals surface area contributed by atoms with Crippen LogP contribution in [0.5, 0.6) is 0 Å². The van der Waals surface area contributed by atoms with Crippen molar-refractivity contribution in [3.8, 4) is 0 Å². The van der Waals surface area contributed by atoms with Crippen LogP contribution in [0.2, 0.25) is 0 Å². The van der Waals surface area contributed by atoms with Crippen LogP contribution in [0.3, 0.4) is 0 Å². The molecule has 3 heteroatoms. The Morgan fingerprint density at radius 1 is 0.900 bits per heavy atom. The molecule has 3 nitrogen and oxygen atoms in total. The van der Waals surface area contributed by atoms with Gasteiger partial charge in [0.15, 0.2) is 0 Å². The zero-order valence-electron chi connectivity index (χ0n) is 12.5. The maximum Gasteiger partial charge on any atom is 0.0940 e. The SMILES string of the molecule is OC1(C2CCOC3(CCOC3)C2)CCCC(C2CC2)C1. The zero-order chi connectivity index (χ0) is 13.6. The Balaban J connectivity index is 1.47. The van der Waals surface area contributed by atoms with Gasteiger partial charge in [-0.2, -0.15) is 0 Å². The molecule has 0 amide bonds. The molecule has 2 heterocycles. The van der Waals surface area contributed by atoms with Crippen molar-refractivity contribution >= 4 is 0 Å². The van der Waals surface area contributed by atoms with E-state index >= 15 is 0 Å². The molecular formula is C17H28O3. The van der Waals surface area contributed by atoms with E-state index in [2.05, 4.69) is 0 Å². The molecule has 4 atom stereocenters. The lowest BCUT2D eigenvalue weighted by Gasteiger charge is -2.48. The third kappa shape index (κ3) is 2.42. The minimum absolute atomic E-state index is 0.0643. The molecule has 0 aromatic heterocycles. The lowest BCUT2D eigenvalue weighted by Crippen LogP contribution is -2.51. The lowest BCUT2D eigenvalue weighted by molar-refractivity contribution is -0.156. The zero-order valence-corrected chi connectivity index (χ0v) is 12.5. The van der Waals surface area contributed by atoms with Crippen molar-refractivity contribution in [1.29, 1.82) is 0 Å². The number of rotatable bonds is 2. The van der Waals surface area contributed by atoms with Gasteiger partial charge < -0.3 is 14.6 Å². The highest BCUT2D eigenvalue weighted by atomic mass is 16.6. The number of hydrogen-bond acceptors (Lipinski definition) is 3. The number of aliphatic hydroxyl groups is 1. The van der Waals surface area contributed by atoms with Gasteiger partial charge in [-0.1, -0.05) is 6.42 Å². The Morgan fingerprint density at radius 2 is 1.80 bits per heavy atom. The first-order chi connectivity index (χ1) is 9.69. The fraction of sp³-hybridized carbons (Fsp3) is 1.00. The standard InChI is InChI=1S/C17H28O3/c18-17(6-1-2-14(10-17)13-3-4-13)15-5-8-20-16(11-15)7-9-19-12-16/h13-15,18H,1-12H2. The second-order valence-electron chi connectivity index (χ2n) is 7.82. The number of hydrogen-bond donors (Lipinski definition) is 1. The van der Waals surface area contributed by atoms with Crippen molar-refractivity contribution in [1.82, 2.24) is 0 Å². The van der Waals surface area contributed by atoms with Gasteiger partial charge in [0.25, 0.3) is 0 Å². The molecule has 4 aliphatic rings. The summed E-state index contributed by atoms with van der Waals surface area (Å²) in [6.45, 7) is 2.38. The summed E-state index contributed by atoms with van der Waals surface area (Å²) in [7, 11) is 0. The minimum atomic E-state index is -0.412. The van der Waals surface area contributed by atoms with Crippen LogP contribution in [0.15, 0.2) is 0 Å². The van der Waals surface area contributed by atoms with E-state index in [4.69, 9.17) is 9.47 Å². The molecule has 114 valence electrons. The monoisotopic (exact) mass is 280 g/mol. The molecule has 1 spiro atoms. The maximum absolute atomic E-state index is 11.3. The molecule has 2 aliphatic carbocycles. The molecule has 2 saturated carbocycles. The second kappa shape index (κ2) is 4.96. The van der Waals surface area contributed by atoms with Crippen LogP contribution < -0.4 is 0 Å². The molecule has 0 radical (unpaired) electrons. The van der Waals surface area contributed by atoms with Gasteiger partial charge >= 0.3 is 0 Å². The summed E-state index contributed by atoms with van der Waals surface area (Å²) in [5, 5.41) is 11.3. The highest BCUT2D eigenvalue weighted by Crippen LogP contribution is 2.51. The fourth-order valence-electron chi connectivity index (χ4n) is 5.02. The molecule has 2 aliphatic heterocycles. The molecule has 4 unspecified atom stereocenters. The van der Waals surface area contributed by atoms with Crippen LogP contribution in [0.25, 0.3) is 0 Å². The van der Waals surface area contributed by atoms with Gasteiger partial charge in [0.1, 0.15) is 0 Å². The van der Waals surface area contributed by atoms with Crippen molar-refractivity contribution in [3.63, 3.8) is 0 Å². The molecule has 4 rings (SSSR count). The van der Waals surface area contributed by atoms with Crippen LogP contribution >= 0.6 is 0 Å². The summed E-state index contributed by atoms with van der Waals surface area (Å²) in [6, 6.07) is 0. The summed E-state index contributed by atoms with van der Waals surface area (Å²) in [6.07, 6.45) is 10.5. The van der Waals surface area contributed by atoms with E-state index in [1.807, 2.05) is 0 Å². The van der Waals surface area contributed by atoms with E-state index in [0.29, 0.717) is 5.92 Å². The molecule has 0 aromatic rings. The third-order valence-corrected chi connectivity index (χ3v) is 6.41. The van der Waals surface area contributed by atoms with E-state index in [0.717, 1.165) is 63.8 Å². The Hall–Kier alpha value is -0.120. The highest BCUT2D eigenvalue weighted by molar-refractivity contribution is 5.01. The Labute approximate surface area is 122 Å². The first-order valence-electron chi connectivity index (χ1n) is 8.63. The van der Waals surface area contributed by atoms with Crippen LogP contribution in [0, 0.1) is 17.8 Å². The van der Waals surface area contributed by atoms with Crippen molar-refractivity contribution in [2.75, 3.05) is 19.8 Å². The highest BCUT2D eigenvalue weighted by Gasteiger charge is 2.50. The van der Waals surface area contributed by atoms with Gasteiger partial charge in [0.05, 0.1) is 17.8 Å². The van der Waals surface area contributed by atoms with Gasteiger partial charge in [0, 0.05) is 19.6 Å². The average molecular weight is 280 g/mol.